The van der Waals surface area contributed by atoms with Crippen molar-refractivity contribution in [3.8, 4) is 0 Å². The first-order chi connectivity index (χ1) is 12.8. The molecule has 4 N–H and O–H groups in total. The third kappa shape index (κ3) is 7.35. The van der Waals surface area contributed by atoms with Crippen LogP contribution in [0.4, 0.5) is 21.0 Å². The van der Waals surface area contributed by atoms with Crippen LogP contribution in [0.5, 0.6) is 0 Å². The van der Waals surface area contributed by atoms with Crippen molar-refractivity contribution in [1.82, 2.24) is 20.9 Å². The van der Waals surface area contributed by atoms with Gasteiger partial charge < -0.3 is 10.6 Å². The first kappa shape index (κ1) is 20.2. The van der Waals surface area contributed by atoms with Crippen LogP contribution in [0.3, 0.4) is 0 Å². The van der Waals surface area contributed by atoms with Gasteiger partial charge in [0.15, 0.2) is 0 Å². The van der Waals surface area contributed by atoms with Crippen molar-refractivity contribution in [3.05, 3.63) is 59.7 Å². The predicted octanol–water partition coefficient (Wildman–Crippen LogP) is 2.47. The van der Waals surface area contributed by atoms with Gasteiger partial charge >= 0.3 is 12.1 Å². The molecule has 0 fully saturated rings. The number of urea groups is 2. The van der Waals surface area contributed by atoms with Crippen LogP contribution in [-0.4, -0.2) is 50.3 Å². The monoisotopic (exact) mass is 370 g/mol. The van der Waals surface area contributed by atoms with Crippen molar-refractivity contribution in [1.29, 1.82) is 0 Å². The summed E-state index contributed by atoms with van der Waals surface area (Å²) in [6.45, 7) is 0. The molecule has 4 amide bonds. The molecular weight excluding hydrogens is 344 g/mol. The fraction of sp³-hybridized carbons (Fsp3) is 0.263. The number of hydrazine groups is 2. The maximum atomic E-state index is 11.7. The average molecular weight is 370 g/mol. The summed E-state index contributed by atoms with van der Waals surface area (Å²) in [5, 5.41) is 8.68. The summed E-state index contributed by atoms with van der Waals surface area (Å²) in [6.07, 6.45) is 0.758. The van der Waals surface area contributed by atoms with Crippen LogP contribution in [0.25, 0.3) is 0 Å². The third-order valence-corrected chi connectivity index (χ3v) is 3.48. The highest BCUT2D eigenvalue weighted by molar-refractivity contribution is 5.89. The van der Waals surface area contributed by atoms with Crippen molar-refractivity contribution in [2.75, 3.05) is 38.8 Å². The molecule has 8 heteroatoms. The van der Waals surface area contributed by atoms with Gasteiger partial charge in [-0.1, -0.05) is 24.3 Å². The van der Waals surface area contributed by atoms with Gasteiger partial charge in [0.2, 0.25) is 0 Å². The highest BCUT2D eigenvalue weighted by Crippen LogP contribution is 2.16. The highest BCUT2D eigenvalue weighted by Gasteiger charge is 2.04. The summed E-state index contributed by atoms with van der Waals surface area (Å²) in [5.41, 5.74) is 8.94. The molecule has 0 bridgehead atoms. The molecule has 0 radical (unpaired) electrons. The Morgan fingerprint density at radius 2 is 1.00 bits per heavy atom. The number of carbonyl (C=O) groups excluding carboxylic acids is 2. The Labute approximate surface area is 159 Å². The van der Waals surface area contributed by atoms with Crippen LogP contribution in [0.1, 0.15) is 11.1 Å². The zero-order valence-electron chi connectivity index (χ0n) is 16.0. The molecule has 2 aromatic carbocycles. The molecule has 8 nitrogen and oxygen atoms in total. The molecule has 0 aliphatic heterocycles. The number of hydrogen-bond acceptors (Lipinski definition) is 4. The molecule has 2 rings (SSSR count). The largest absolute Gasteiger partial charge is 0.333 e. The summed E-state index contributed by atoms with van der Waals surface area (Å²) in [5.74, 6) is 0. The van der Waals surface area contributed by atoms with E-state index in [1.807, 2.05) is 48.5 Å². The fourth-order valence-corrected chi connectivity index (χ4v) is 2.37. The molecule has 0 heterocycles. The summed E-state index contributed by atoms with van der Waals surface area (Å²) < 4.78 is 0. The van der Waals surface area contributed by atoms with E-state index >= 15 is 0 Å². The van der Waals surface area contributed by atoms with Crippen LogP contribution < -0.4 is 21.5 Å². The first-order valence-electron chi connectivity index (χ1n) is 8.49. The van der Waals surface area contributed by atoms with Gasteiger partial charge in [0.25, 0.3) is 0 Å². The number of anilines is 2. The molecule has 27 heavy (non-hydrogen) atoms. The van der Waals surface area contributed by atoms with Crippen LogP contribution in [0.2, 0.25) is 0 Å². The lowest BCUT2D eigenvalue weighted by atomic mass is 10.0. The Kier molecular flexibility index (Phi) is 7.16. The van der Waals surface area contributed by atoms with E-state index in [1.165, 1.54) is 0 Å². The normalized spacial score (nSPS) is 10.6. The van der Waals surface area contributed by atoms with Crippen LogP contribution in [0, 0.1) is 0 Å². The van der Waals surface area contributed by atoms with Crippen molar-refractivity contribution >= 4 is 23.4 Å². The maximum absolute atomic E-state index is 11.7. The van der Waals surface area contributed by atoms with Crippen molar-refractivity contribution in [2.24, 2.45) is 0 Å². The molecule has 0 saturated carbocycles. The summed E-state index contributed by atoms with van der Waals surface area (Å²) in [6, 6.07) is 14.8. The molecule has 0 aromatic heterocycles. The average Bonchev–Trinajstić information content (AvgIpc) is 2.57. The summed E-state index contributed by atoms with van der Waals surface area (Å²) in [7, 11) is 6.99. The van der Waals surface area contributed by atoms with E-state index in [0.717, 1.165) is 28.9 Å². The second kappa shape index (κ2) is 9.56. The maximum Gasteiger partial charge on any atom is 0.333 e. The van der Waals surface area contributed by atoms with Gasteiger partial charge in [-0.2, -0.15) is 0 Å². The molecule has 144 valence electrons. The van der Waals surface area contributed by atoms with Crippen molar-refractivity contribution < 1.29 is 9.59 Å². The third-order valence-electron chi connectivity index (χ3n) is 3.48. The van der Waals surface area contributed by atoms with Gasteiger partial charge in [-0.25, -0.2) is 19.6 Å². The van der Waals surface area contributed by atoms with Crippen LogP contribution >= 0.6 is 0 Å². The molecule has 2 aromatic rings. The van der Waals surface area contributed by atoms with Crippen molar-refractivity contribution in [3.63, 3.8) is 0 Å². The van der Waals surface area contributed by atoms with E-state index in [-0.39, 0.29) is 12.1 Å². The number of nitrogens with zero attached hydrogens (tertiary/aromatic N) is 2. The van der Waals surface area contributed by atoms with Gasteiger partial charge in [0.05, 0.1) is 0 Å². The van der Waals surface area contributed by atoms with E-state index in [1.54, 1.807) is 38.2 Å². The Bertz CT molecular complexity index is 691. The van der Waals surface area contributed by atoms with E-state index in [4.69, 9.17) is 0 Å². The molecular formula is C19H26N6O2. The lowest BCUT2D eigenvalue weighted by Crippen LogP contribution is -2.39. The molecule has 0 aliphatic rings. The number of rotatable bonds is 6. The zero-order chi connectivity index (χ0) is 19.8. The lowest BCUT2D eigenvalue weighted by Gasteiger charge is -2.13. The van der Waals surface area contributed by atoms with Gasteiger partial charge in [0.1, 0.15) is 0 Å². The first-order valence-corrected chi connectivity index (χ1v) is 8.49. The van der Waals surface area contributed by atoms with Gasteiger partial charge in [-0.15, -0.1) is 0 Å². The second-order valence-electron chi connectivity index (χ2n) is 6.49. The van der Waals surface area contributed by atoms with Gasteiger partial charge in [0, 0.05) is 39.6 Å². The summed E-state index contributed by atoms with van der Waals surface area (Å²) >= 11 is 0. The van der Waals surface area contributed by atoms with E-state index in [9.17, 15) is 9.59 Å². The standard InChI is InChI=1S/C19H26N6O2/c1-24(2)22-18(26)20-16-9-5-14(6-10-16)13-15-7-11-17(12-8-15)21-19(27)23-25(3)4/h5-12H,13H2,1-4H3,(H2,20,22,26)(H2,21,23,27). The Morgan fingerprint density at radius 1 is 0.667 bits per heavy atom. The molecule has 0 aliphatic carbocycles. The van der Waals surface area contributed by atoms with E-state index in [0.29, 0.717) is 0 Å². The Morgan fingerprint density at radius 3 is 1.30 bits per heavy atom. The minimum absolute atomic E-state index is 0.283. The summed E-state index contributed by atoms with van der Waals surface area (Å²) in [4.78, 5) is 23.3. The van der Waals surface area contributed by atoms with Gasteiger partial charge in [-0.05, 0) is 41.8 Å². The molecule has 0 saturated heterocycles. The predicted molar refractivity (Wildman–Crippen MR) is 107 cm³/mol. The number of carbonyl (C=O) groups is 2. The number of hydrogen-bond donors (Lipinski definition) is 4. The van der Waals surface area contributed by atoms with E-state index < -0.39 is 0 Å². The Hall–Kier alpha value is -3.10. The number of benzene rings is 2. The van der Waals surface area contributed by atoms with E-state index in [2.05, 4.69) is 21.5 Å². The van der Waals surface area contributed by atoms with Crippen molar-refractivity contribution in [2.45, 2.75) is 6.42 Å². The smallest absolute Gasteiger partial charge is 0.307 e. The highest BCUT2D eigenvalue weighted by atomic mass is 16.2. The SMILES string of the molecule is CN(C)NC(=O)Nc1ccc(Cc2ccc(NC(=O)NN(C)C)cc2)cc1. The molecule has 0 unspecified atom stereocenters. The van der Waals surface area contributed by atoms with Crippen LogP contribution in [0.15, 0.2) is 48.5 Å². The minimum Gasteiger partial charge on any atom is -0.307 e. The fourth-order valence-electron chi connectivity index (χ4n) is 2.37. The second-order valence-corrected chi connectivity index (χ2v) is 6.49. The van der Waals surface area contributed by atoms with Crippen LogP contribution in [-0.2, 0) is 6.42 Å². The number of amides is 4. The number of nitrogens with one attached hydrogen (secondary N) is 4. The zero-order valence-corrected chi connectivity index (χ0v) is 16.0. The molecule has 0 atom stereocenters. The molecule has 0 spiro atoms. The Balaban J connectivity index is 1.89. The van der Waals surface area contributed by atoms with Gasteiger partial charge in [-0.3, -0.25) is 10.9 Å². The topological polar surface area (TPSA) is 88.7 Å². The lowest BCUT2D eigenvalue weighted by molar-refractivity contribution is 0.223. The minimum atomic E-state index is -0.283. The quantitative estimate of drug-likeness (QED) is 0.588.